The third-order valence-corrected chi connectivity index (χ3v) is 4.23. The highest BCUT2D eigenvalue weighted by atomic mass is 16.2. The number of hydrogen-bond acceptors (Lipinski definition) is 3. The highest BCUT2D eigenvalue weighted by molar-refractivity contribution is 6.11. The molecule has 0 bridgehead atoms. The van der Waals surface area contributed by atoms with E-state index in [-0.39, 0.29) is 18.2 Å². The van der Waals surface area contributed by atoms with Gasteiger partial charge >= 0.3 is 0 Å². The molecule has 6 nitrogen and oxygen atoms in total. The Bertz CT molecular complexity index is 861. The minimum atomic E-state index is -0.925. The molecule has 0 spiro atoms. The number of hydrogen-bond donors (Lipinski definition) is 3. The summed E-state index contributed by atoms with van der Waals surface area (Å²) in [5.74, 6) is -1.12. The van der Waals surface area contributed by atoms with Gasteiger partial charge < -0.3 is 16.0 Å². The van der Waals surface area contributed by atoms with Crippen LogP contribution in [0.25, 0.3) is 0 Å². The predicted molar refractivity (Wildman–Crippen MR) is 95.5 cm³/mol. The Hall–Kier alpha value is -3.15. The van der Waals surface area contributed by atoms with Crippen LogP contribution < -0.4 is 16.0 Å². The summed E-state index contributed by atoms with van der Waals surface area (Å²) in [5.41, 5.74) is 3.69. The average molecular weight is 337 g/mol. The van der Waals surface area contributed by atoms with Gasteiger partial charge in [-0.3, -0.25) is 14.4 Å². The highest BCUT2D eigenvalue weighted by Crippen LogP contribution is 2.19. The fourth-order valence-corrected chi connectivity index (χ4v) is 2.67. The maximum atomic E-state index is 12.3. The second kappa shape index (κ2) is 6.76. The summed E-state index contributed by atoms with van der Waals surface area (Å²) in [6, 6.07) is 11.4. The lowest BCUT2D eigenvalue weighted by Gasteiger charge is -2.14. The zero-order valence-corrected chi connectivity index (χ0v) is 14.1. The van der Waals surface area contributed by atoms with Crippen LogP contribution in [0.15, 0.2) is 42.5 Å². The van der Waals surface area contributed by atoms with Crippen LogP contribution in [-0.2, 0) is 9.59 Å². The summed E-state index contributed by atoms with van der Waals surface area (Å²) in [7, 11) is 0. The lowest BCUT2D eigenvalue weighted by molar-refractivity contribution is -0.122. The first-order valence-corrected chi connectivity index (χ1v) is 8.02. The van der Waals surface area contributed by atoms with E-state index in [4.69, 9.17) is 0 Å². The molecule has 6 heteroatoms. The summed E-state index contributed by atoms with van der Waals surface area (Å²) in [5, 5.41) is 8.06. The summed E-state index contributed by atoms with van der Waals surface area (Å²) in [6.07, 6.45) is -0.140. The maximum absolute atomic E-state index is 12.3. The van der Waals surface area contributed by atoms with Crippen LogP contribution in [0.5, 0.6) is 0 Å². The van der Waals surface area contributed by atoms with Gasteiger partial charge in [0.1, 0.15) is 6.04 Å². The number of nitrogens with one attached hydrogen (secondary N) is 3. The van der Waals surface area contributed by atoms with Crippen molar-refractivity contribution >= 4 is 29.1 Å². The van der Waals surface area contributed by atoms with Crippen molar-refractivity contribution in [3.63, 3.8) is 0 Å². The van der Waals surface area contributed by atoms with Crippen LogP contribution in [0.1, 0.15) is 27.9 Å². The van der Waals surface area contributed by atoms with E-state index in [1.807, 2.05) is 32.0 Å². The predicted octanol–water partition coefficient (Wildman–Crippen LogP) is 2.38. The monoisotopic (exact) mass is 337 g/mol. The van der Waals surface area contributed by atoms with E-state index < -0.39 is 11.9 Å². The molecule has 0 aromatic heterocycles. The van der Waals surface area contributed by atoms with Crippen LogP contribution in [-0.4, -0.2) is 23.8 Å². The van der Waals surface area contributed by atoms with Crippen molar-refractivity contribution in [2.24, 2.45) is 0 Å². The molecule has 0 fully saturated rings. The van der Waals surface area contributed by atoms with Crippen LogP contribution in [0.4, 0.5) is 11.4 Å². The lowest BCUT2D eigenvalue weighted by Crippen LogP contribution is -2.43. The minimum absolute atomic E-state index is 0.140. The van der Waals surface area contributed by atoms with Crippen molar-refractivity contribution < 1.29 is 14.4 Å². The van der Waals surface area contributed by atoms with Gasteiger partial charge in [0.25, 0.3) is 5.91 Å². The summed E-state index contributed by atoms with van der Waals surface area (Å²) in [6.45, 7) is 3.95. The van der Waals surface area contributed by atoms with Crippen LogP contribution in [0.3, 0.4) is 0 Å². The van der Waals surface area contributed by atoms with Gasteiger partial charge in [0.05, 0.1) is 17.7 Å². The fraction of sp³-hybridized carbons (Fsp3) is 0.211. The summed E-state index contributed by atoms with van der Waals surface area (Å²) >= 11 is 0. The molecule has 1 aliphatic heterocycles. The van der Waals surface area contributed by atoms with Crippen molar-refractivity contribution in [3.8, 4) is 0 Å². The number of rotatable bonds is 3. The summed E-state index contributed by atoms with van der Waals surface area (Å²) in [4.78, 5) is 36.8. The Labute approximate surface area is 145 Å². The van der Waals surface area contributed by atoms with Gasteiger partial charge in [-0.2, -0.15) is 0 Å². The first-order chi connectivity index (χ1) is 11.9. The van der Waals surface area contributed by atoms with E-state index in [2.05, 4.69) is 16.0 Å². The number of amides is 3. The Kier molecular flexibility index (Phi) is 4.52. The Morgan fingerprint density at radius 1 is 1.08 bits per heavy atom. The molecule has 0 aliphatic carbocycles. The third kappa shape index (κ3) is 3.68. The molecule has 0 radical (unpaired) electrons. The van der Waals surface area contributed by atoms with Crippen molar-refractivity contribution in [3.05, 3.63) is 59.2 Å². The maximum Gasteiger partial charge on any atom is 0.254 e. The Morgan fingerprint density at radius 2 is 1.84 bits per heavy atom. The van der Waals surface area contributed by atoms with E-state index in [1.54, 1.807) is 24.3 Å². The molecule has 3 rings (SSSR count). The molecule has 3 amide bonds. The molecule has 1 heterocycles. The quantitative estimate of drug-likeness (QED) is 0.803. The largest absolute Gasteiger partial charge is 0.340 e. The second-order valence-electron chi connectivity index (χ2n) is 6.11. The topological polar surface area (TPSA) is 87.3 Å². The number of carbonyl (C=O) groups is 3. The first-order valence-electron chi connectivity index (χ1n) is 8.02. The minimum Gasteiger partial charge on any atom is -0.340 e. The molecule has 2 aromatic carbocycles. The van der Waals surface area contributed by atoms with E-state index in [0.717, 1.165) is 11.1 Å². The van der Waals surface area contributed by atoms with Gasteiger partial charge in [-0.15, -0.1) is 0 Å². The average Bonchev–Trinajstić information content (AvgIpc) is 2.68. The standard InChI is InChI=1S/C19H19N3O3/c1-11-7-8-13(9-12(11)2)20-17(23)10-16-19(25)21-15-6-4-3-5-14(15)18(24)22-16/h3-9,16H,10H2,1-2H3,(H,20,23)(H,21,25)(H,22,24). The third-order valence-electron chi connectivity index (χ3n) is 4.23. The normalized spacial score (nSPS) is 16.3. The van der Waals surface area contributed by atoms with Gasteiger partial charge in [0.2, 0.25) is 11.8 Å². The Morgan fingerprint density at radius 3 is 2.60 bits per heavy atom. The van der Waals surface area contributed by atoms with Crippen molar-refractivity contribution in [1.29, 1.82) is 0 Å². The zero-order chi connectivity index (χ0) is 18.0. The number of fused-ring (bicyclic) bond motifs is 1. The fourth-order valence-electron chi connectivity index (χ4n) is 2.67. The summed E-state index contributed by atoms with van der Waals surface area (Å²) < 4.78 is 0. The van der Waals surface area contributed by atoms with Gasteiger partial charge in [-0.05, 0) is 49.2 Å². The van der Waals surface area contributed by atoms with E-state index >= 15 is 0 Å². The smallest absolute Gasteiger partial charge is 0.254 e. The molecule has 2 aromatic rings. The second-order valence-corrected chi connectivity index (χ2v) is 6.11. The molecular formula is C19H19N3O3. The molecule has 1 aliphatic rings. The zero-order valence-electron chi connectivity index (χ0n) is 14.1. The van der Waals surface area contributed by atoms with Crippen molar-refractivity contribution in [2.75, 3.05) is 10.6 Å². The van der Waals surface area contributed by atoms with Crippen molar-refractivity contribution in [1.82, 2.24) is 5.32 Å². The molecule has 128 valence electrons. The van der Waals surface area contributed by atoms with Gasteiger partial charge in [0.15, 0.2) is 0 Å². The molecule has 1 unspecified atom stereocenters. The number of carbonyl (C=O) groups excluding carboxylic acids is 3. The molecule has 0 saturated carbocycles. The number of benzene rings is 2. The Balaban J connectivity index is 1.70. The lowest BCUT2D eigenvalue weighted by atomic mass is 10.1. The van der Waals surface area contributed by atoms with E-state index in [0.29, 0.717) is 16.9 Å². The number of anilines is 2. The van der Waals surface area contributed by atoms with Gasteiger partial charge in [-0.25, -0.2) is 0 Å². The number of para-hydroxylation sites is 1. The van der Waals surface area contributed by atoms with E-state index in [9.17, 15) is 14.4 Å². The van der Waals surface area contributed by atoms with Gasteiger partial charge in [0, 0.05) is 5.69 Å². The molecule has 25 heavy (non-hydrogen) atoms. The van der Waals surface area contributed by atoms with Crippen LogP contribution in [0, 0.1) is 13.8 Å². The SMILES string of the molecule is Cc1ccc(NC(=O)CC2NC(=O)c3ccccc3NC2=O)cc1C. The van der Waals surface area contributed by atoms with E-state index in [1.165, 1.54) is 0 Å². The number of aryl methyl sites for hydroxylation is 2. The molecular weight excluding hydrogens is 318 g/mol. The molecule has 0 saturated heterocycles. The van der Waals surface area contributed by atoms with Crippen molar-refractivity contribution in [2.45, 2.75) is 26.3 Å². The van der Waals surface area contributed by atoms with Crippen LogP contribution >= 0.6 is 0 Å². The highest BCUT2D eigenvalue weighted by Gasteiger charge is 2.29. The van der Waals surface area contributed by atoms with Crippen LogP contribution in [0.2, 0.25) is 0 Å². The van der Waals surface area contributed by atoms with Gasteiger partial charge in [-0.1, -0.05) is 18.2 Å². The molecule has 1 atom stereocenters. The first kappa shape index (κ1) is 16.7. The molecule has 3 N–H and O–H groups in total.